The van der Waals surface area contributed by atoms with Crippen LogP contribution >= 0.6 is 0 Å². The van der Waals surface area contributed by atoms with Gasteiger partial charge in [0.1, 0.15) is 6.42 Å². The molecule has 0 heterocycles. The fraction of sp³-hybridized carbons (Fsp3) is 0.300. The van der Waals surface area contributed by atoms with Gasteiger partial charge in [0.25, 0.3) is 0 Å². The molecule has 2 rings (SSSR count). The molecule has 0 radical (unpaired) electrons. The summed E-state index contributed by atoms with van der Waals surface area (Å²) in [5.41, 5.74) is 1.81. The molecule has 2 aromatic carbocycles. The highest BCUT2D eigenvalue weighted by atomic mass is 16.2. The molecule has 0 bridgehead atoms. The molecule has 2 aromatic rings. The monoisotopic (exact) mass is 339 g/mol. The number of hydrogen-bond acceptors (Lipinski definition) is 3. The number of benzene rings is 2. The van der Waals surface area contributed by atoms with E-state index in [1.54, 1.807) is 4.90 Å². The molecule has 0 aliphatic heterocycles. The van der Waals surface area contributed by atoms with Gasteiger partial charge in [0.15, 0.2) is 0 Å². The van der Waals surface area contributed by atoms with E-state index in [4.69, 9.17) is 0 Å². The van der Waals surface area contributed by atoms with Gasteiger partial charge < -0.3 is 15.1 Å². The molecule has 0 aromatic heterocycles. The SMILES string of the molecule is CN(C)CCNC(=O)CC(=O)N(Cc1ccccc1)c1ccccc1. The summed E-state index contributed by atoms with van der Waals surface area (Å²) in [6, 6.07) is 19.2. The van der Waals surface area contributed by atoms with Crippen molar-refractivity contribution in [2.75, 3.05) is 32.1 Å². The number of carbonyl (C=O) groups excluding carboxylic acids is 2. The van der Waals surface area contributed by atoms with E-state index in [1.165, 1.54) is 0 Å². The van der Waals surface area contributed by atoms with Gasteiger partial charge >= 0.3 is 0 Å². The predicted octanol–water partition coefficient (Wildman–Crippen LogP) is 2.29. The number of hydrogen-bond donors (Lipinski definition) is 1. The first kappa shape index (κ1) is 18.7. The molecule has 0 aliphatic rings. The van der Waals surface area contributed by atoms with Crippen LogP contribution in [0.2, 0.25) is 0 Å². The molecule has 0 spiro atoms. The van der Waals surface area contributed by atoms with E-state index < -0.39 is 0 Å². The van der Waals surface area contributed by atoms with Gasteiger partial charge in [0, 0.05) is 18.8 Å². The maximum atomic E-state index is 12.7. The first-order valence-electron chi connectivity index (χ1n) is 8.37. The summed E-state index contributed by atoms with van der Waals surface area (Å²) in [5, 5.41) is 2.79. The van der Waals surface area contributed by atoms with Crippen molar-refractivity contribution < 1.29 is 9.59 Å². The van der Waals surface area contributed by atoms with Crippen LogP contribution in [-0.4, -0.2) is 43.9 Å². The van der Waals surface area contributed by atoms with Crippen LogP contribution in [0.5, 0.6) is 0 Å². The lowest BCUT2D eigenvalue weighted by molar-refractivity contribution is -0.128. The van der Waals surface area contributed by atoms with Crippen LogP contribution in [0.15, 0.2) is 60.7 Å². The lowest BCUT2D eigenvalue weighted by Crippen LogP contribution is -2.37. The highest BCUT2D eigenvalue weighted by Crippen LogP contribution is 2.18. The molecule has 0 atom stereocenters. The van der Waals surface area contributed by atoms with Gasteiger partial charge in [-0.1, -0.05) is 48.5 Å². The molecule has 0 unspecified atom stereocenters. The second-order valence-electron chi connectivity index (χ2n) is 6.13. The van der Waals surface area contributed by atoms with Crippen LogP contribution in [0, 0.1) is 0 Å². The molecule has 0 saturated carbocycles. The predicted molar refractivity (Wildman–Crippen MR) is 100 cm³/mol. The fourth-order valence-electron chi connectivity index (χ4n) is 2.41. The van der Waals surface area contributed by atoms with E-state index in [2.05, 4.69) is 5.32 Å². The van der Waals surface area contributed by atoms with Crippen LogP contribution < -0.4 is 10.2 Å². The zero-order chi connectivity index (χ0) is 18.1. The molecule has 2 amide bonds. The quantitative estimate of drug-likeness (QED) is 0.751. The minimum atomic E-state index is -0.249. The van der Waals surface area contributed by atoms with Gasteiger partial charge in [-0.3, -0.25) is 9.59 Å². The number of amides is 2. The minimum Gasteiger partial charge on any atom is -0.354 e. The molecule has 25 heavy (non-hydrogen) atoms. The number of rotatable bonds is 8. The van der Waals surface area contributed by atoms with Crippen molar-refractivity contribution in [1.82, 2.24) is 10.2 Å². The van der Waals surface area contributed by atoms with E-state index in [0.717, 1.165) is 17.8 Å². The Morgan fingerprint density at radius 2 is 1.52 bits per heavy atom. The molecular weight excluding hydrogens is 314 g/mol. The number of likely N-dealkylation sites (N-methyl/N-ethyl adjacent to an activating group) is 1. The van der Waals surface area contributed by atoms with Crippen molar-refractivity contribution >= 4 is 17.5 Å². The van der Waals surface area contributed by atoms with Gasteiger partial charge in [-0.25, -0.2) is 0 Å². The Bertz CT molecular complexity index is 672. The van der Waals surface area contributed by atoms with Crippen molar-refractivity contribution in [1.29, 1.82) is 0 Å². The fourth-order valence-corrected chi connectivity index (χ4v) is 2.41. The second kappa shape index (κ2) is 9.59. The Labute approximate surface area is 149 Å². The first-order valence-corrected chi connectivity index (χ1v) is 8.37. The maximum Gasteiger partial charge on any atom is 0.236 e. The van der Waals surface area contributed by atoms with Crippen molar-refractivity contribution in [3.05, 3.63) is 66.2 Å². The van der Waals surface area contributed by atoms with E-state index in [-0.39, 0.29) is 18.2 Å². The Morgan fingerprint density at radius 1 is 0.920 bits per heavy atom. The smallest absolute Gasteiger partial charge is 0.236 e. The Morgan fingerprint density at radius 3 is 2.12 bits per heavy atom. The van der Waals surface area contributed by atoms with E-state index in [1.807, 2.05) is 79.7 Å². The van der Waals surface area contributed by atoms with Gasteiger partial charge in [-0.15, -0.1) is 0 Å². The number of nitrogens with one attached hydrogen (secondary N) is 1. The van der Waals surface area contributed by atoms with E-state index in [0.29, 0.717) is 13.1 Å². The third-order valence-corrected chi connectivity index (χ3v) is 3.75. The zero-order valence-electron chi connectivity index (χ0n) is 14.8. The summed E-state index contributed by atoms with van der Waals surface area (Å²) in [6.45, 7) is 1.71. The van der Waals surface area contributed by atoms with Crippen molar-refractivity contribution in [3.8, 4) is 0 Å². The molecule has 5 heteroatoms. The highest BCUT2D eigenvalue weighted by Gasteiger charge is 2.19. The Kier molecular flexibility index (Phi) is 7.16. The Balaban J connectivity index is 2.04. The third-order valence-electron chi connectivity index (χ3n) is 3.75. The second-order valence-corrected chi connectivity index (χ2v) is 6.13. The van der Waals surface area contributed by atoms with Crippen molar-refractivity contribution in [2.45, 2.75) is 13.0 Å². The van der Waals surface area contributed by atoms with Gasteiger partial charge in [-0.2, -0.15) is 0 Å². The summed E-state index contributed by atoms with van der Waals surface area (Å²) in [6.07, 6.45) is -0.158. The van der Waals surface area contributed by atoms with Crippen LogP contribution in [0.25, 0.3) is 0 Å². The number of nitrogens with zero attached hydrogens (tertiary/aromatic N) is 2. The maximum absolute atomic E-state index is 12.7. The van der Waals surface area contributed by atoms with E-state index >= 15 is 0 Å². The summed E-state index contributed by atoms with van der Waals surface area (Å²) < 4.78 is 0. The molecule has 0 saturated heterocycles. The van der Waals surface area contributed by atoms with Crippen molar-refractivity contribution in [3.63, 3.8) is 0 Å². The number of para-hydroxylation sites is 1. The molecule has 5 nitrogen and oxygen atoms in total. The summed E-state index contributed by atoms with van der Waals surface area (Å²) >= 11 is 0. The third kappa shape index (κ3) is 6.39. The largest absolute Gasteiger partial charge is 0.354 e. The summed E-state index contributed by atoms with van der Waals surface area (Å²) in [5.74, 6) is -0.460. The lowest BCUT2D eigenvalue weighted by atomic mass is 10.2. The van der Waals surface area contributed by atoms with Crippen LogP contribution in [-0.2, 0) is 16.1 Å². The van der Waals surface area contributed by atoms with Crippen molar-refractivity contribution in [2.24, 2.45) is 0 Å². The lowest BCUT2D eigenvalue weighted by Gasteiger charge is -2.23. The highest BCUT2D eigenvalue weighted by molar-refractivity contribution is 6.04. The van der Waals surface area contributed by atoms with Crippen LogP contribution in [0.3, 0.4) is 0 Å². The standard InChI is InChI=1S/C20H25N3O2/c1-22(2)14-13-21-19(24)15-20(25)23(18-11-7-4-8-12-18)16-17-9-5-3-6-10-17/h3-12H,13-16H2,1-2H3,(H,21,24). The first-order chi connectivity index (χ1) is 12.1. The van der Waals surface area contributed by atoms with Crippen LogP contribution in [0.1, 0.15) is 12.0 Å². The normalized spacial score (nSPS) is 10.5. The van der Waals surface area contributed by atoms with Gasteiger partial charge in [-0.05, 0) is 31.8 Å². The van der Waals surface area contributed by atoms with Gasteiger partial charge in [0.2, 0.25) is 11.8 Å². The van der Waals surface area contributed by atoms with Gasteiger partial charge in [0.05, 0.1) is 6.54 Å². The molecule has 132 valence electrons. The molecule has 0 aliphatic carbocycles. The molecule has 1 N–H and O–H groups in total. The number of carbonyl (C=O) groups is 2. The zero-order valence-corrected chi connectivity index (χ0v) is 14.8. The molecule has 0 fully saturated rings. The molecular formula is C20H25N3O2. The topological polar surface area (TPSA) is 52.7 Å². The minimum absolute atomic E-state index is 0.158. The summed E-state index contributed by atoms with van der Waals surface area (Å²) in [4.78, 5) is 28.4. The average Bonchev–Trinajstić information content (AvgIpc) is 2.61. The van der Waals surface area contributed by atoms with E-state index in [9.17, 15) is 9.59 Å². The van der Waals surface area contributed by atoms with Crippen LogP contribution in [0.4, 0.5) is 5.69 Å². The number of anilines is 1. The average molecular weight is 339 g/mol. The Hall–Kier alpha value is -2.66. The summed E-state index contributed by atoms with van der Waals surface area (Å²) in [7, 11) is 3.88.